The summed E-state index contributed by atoms with van der Waals surface area (Å²) in [4.78, 5) is 35.6. The van der Waals surface area contributed by atoms with Gasteiger partial charge in [0.1, 0.15) is 11.1 Å². The van der Waals surface area contributed by atoms with E-state index in [1.807, 2.05) is 0 Å². The SMILES string of the molecule is O=C(COC(=O)c1cc2ccccc2oc1=O)Nc1ccc(F)c(F)c1. The maximum absolute atomic E-state index is 13.1. The molecule has 132 valence electrons. The Hall–Kier alpha value is -3.55. The van der Waals surface area contributed by atoms with Gasteiger partial charge >= 0.3 is 11.6 Å². The van der Waals surface area contributed by atoms with Gasteiger partial charge in [0, 0.05) is 17.1 Å². The topological polar surface area (TPSA) is 85.6 Å². The second kappa shape index (κ2) is 7.14. The lowest BCUT2D eigenvalue weighted by molar-refractivity contribution is -0.119. The van der Waals surface area contributed by atoms with Crippen LogP contribution in [0.2, 0.25) is 0 Å². The summed E-state index contributed by atoms with van der Waals surface area (Å²) in [6.07, 6.45) is 0. The lowest BCUT2D eigenvalue weighted by atomic mass is 10.2. The van der Waals surface area contributed by atoms with E-state index in [-0.39, 0.29) is 11.3 Å². The normalized spacial score (nSPS) is 10.5. The first kappa shape index (κ1) is 17.3. The Morgan fingerprint density at radius 2 is 1.81 bits per heavy atom. The van der Waals surface area contributed by atoms with Crippen molar-refractivity contribution in [3.63, 3.8) is 0 Å². The summed E-state index contributed by atoms with van der Waals surface area (Å²) < 4.78 is 35.7. The number of ether oxygens (including phenoxy) is 1. The van der Waals surface area contributed by atoms with Crippen LogP contribution in [0, 0.1) is 11.6 Å². The lowest BCUT2D eigenvalue weighted by Gasteiger charge is -2.07. The van der Waals surface area contributed by atoms with Crippen LogP contribution in [-0.2, 0) is 9.53 Å². The highest BCUT2D eigenvalue weighted by molar-refractivity contribution is 5.96. The second-order valence-electron chi connectivity index (χ2n) is 5.24. The summed E-state index contributed by atoms with van der Waals surface area (Å²) in [7, 11) is 0. The van der Waals surface area contributed by atoms with Crippen molar-refractivity contribution in [2.45, 2.75) is 0 Å². The molecule has 1 N–H and O–H groups in total. The molecule has 3 rings (SSSR count). The minimum atomic E-state index is -1.13. The van der Waals surface area contributed by atoms with Gasteiger partial charge in [0.25, 0.3) is 5.91 Å². The van der Waals surface area contributed by atoms with Crippen molar-refractivity contribution in [2.24, 2.45) is 0 Å². The third kappa shape index (κ3) is 3.75. The van der Waals surface area contributed by atoms with Crippen molar-refractivity contribution in [3.05, 3.63) is 76.1 Å². The van der Waals surface area contributed by atoms with E-state index in [0.717, 1.165) is 18.2 Å². The van der Waals surface area contributed by atoms with Gasteiger partial charge in [0.2, 0.25) is 0 Å². The van der Waals surface area contributed by atoms with Gasteiger partial charge in [-0.3, -0.25) is 4.79 Å². The molecule has 26 heavy (non-hydrogen) atoms. The van der Waals surface area contributed by atoms with E-state index in [0.29, 0.717) is 11.0 Å². The number of esters is 1. The molecule has 1 amide bonds. The van der Waals surface area contributed by atoms with Gasteiger partial charge < -0.3 is 14.5 Å². The van der Waals surface area contributed by atoms with Gasteiger partial charge in [0.05, 0.1) is 0 Å². The summed E-state index contributed by atoms with van der Waals surface area (Å²) in [5.74, 6) is -4.01. The number of nitrogens with one attached hydrogen (secondary N) is 1. The average Bonchev–Trinajstić information content (AvgIpc) is 2.62. The number of rotatable bonds is 4. The zero-order chi connectivity index (χ0) is 18.7. The first-order valence-corrected chi connectivity index (χ1v) is 7.39. The maximum atomic E-state index is 13.1. The largest absolute Gasteiger partial charge is 0.452 e. The van der Waals surface area contributed by atoms with Gasteiger partial charge in [-0.15, -0.1) is 0 Å². The highest BCUT2D eigenvalue weighted by Gasteiger charge is 2.17. The zero-order valence-electron chi connectivity index (χ0n) is 13.1. The molecule has 0 spiro atoms. The number of fused-ring (bicyclic) bond motifs is 1. The first-order chi connectivity index (χ1) is 12.4. The fraction of sp³-hybridized carbons (Fsp3) is 0.0556. The number of carbonyl (C=O) groups is 2. The Morgan fingerprint density at radius 3 is 2.58 bits per heavy atom. The van der Waals surface area contributed by atoms with Crippen molar-refractivity contribution in [1.29, 1.82) is 0 Å². The Labute approximate surface area is 145 Å². The zero-order valence-corrected chi connectivity index (χ0v) is 13.1. The van der Waals surface area contributed by atoms with Gasteiger partial charge in [-0.1, -0.05) is 18.2 Å². The van der Waals surface area contributed by atoms with Crippen LogP contribution in [0.1, 0.15) is 10.4 Å². The molecule has 0 saturated carbocycles. The Morgan fingerprint density at radius 1 is 1.04 bits per heavy atom. The molecule has 8 heteroatoms. The number of hydrogen-bond acceptors (Lipinski definition) is 5. The number of benzene rings is 2. The predicted octanol–water partition coefficient (Wildman–Crippen LogP) is 2.87. The smallest absolute Gasteiger partial charge is 0.351 e. The van der Waals surface area contributed by atoms with Crippen molar-refractivity contribution in [1.82, 2.24) is 0 Å². The van der Waals surface area contributed by atoms with Crippen LogP contribution in [0.25, 0.3) is 11.0 Å². The number of anilines is 1. The van der Waals surface area contributed by atoms with Crippen LogP contribution in [0.5, 0.6) is 0 Å². The van der Waals surface area contributed by atoms with E-state index >= 15 is 0 Å². The molecule has 6 nitrogen and oxygen atoms in total. The monoisotopic (exact) mass is 359 g/mol. The second-order valence-corrected chi connectivity index (χ2v) is 5.24. The van der Waals surface area contributed by atoms with Crippen LogP contribution in [0.15, 0.2) is 57.7 Å². The van der Waals surface area contributed by atoms with Crippen molar-refractivity contribution >= 4 is 28.5 Å². The molecule has 0 aliphatic carbocycles. The third-order valence-corrected chi connectivity index (χ3v) is 3.40. The molecule has 0 saturated heterocycles. The highest BCUT2D eigenvalue weighted by Crippen LogP contribution is 2.14. The Balaban J connectivity index is 1.66. The van der Waals surface area contributed by atoms with Gasteiger partial charge in [-0.2, -0.15) is 0 Å². The molecule has 0 atom stereocenters. The standard InChI is InChI=1S/C18H11F2NO5/c19-13-6-5-11(8-14(13)20)21-16(22)9-25-17(23)12-7-10-3-1-2-4-15(10)26-18(12)24/h1-8H,9H2,(H,21,22). The first-order valence-electron chi connectivity index (χ1n) is 7.39. The highest BCUT2D eigenvalue weighted by atomic mass is 19.2. The van der Waals surface area contributed by atoms with Gasteiger partial charge in [-0.05, 0) is 24.3 Å². The third-order valence-electron chi connectivity index (χ3n) is 3.40. The predicted molar refractivity (Wildman–Crippen MR) is 87.8 cm³/mol. The van der Waals surface area contributed by atoms with Gasteiger partial charge in [0.15, 0.2) is 18.2 Å². The minimum Gasteiger partial charge on any atom is -0.452 e. The molecule has 0 fully saturated rings. The van der Waals surface area contributed by atoms with E-state index in [9.17, 15) is 23.2 Å². The number of amides is 1. The van der Waals surface area contributed by atoms with Crippen LogP contribution in [-0.4, -0.2) is 18.5 Å². The molecule has 0 bridgehead atoms. The summed E-state index contributed by atoms with van der Waals surface area (Å²) in [5, 5.41) is 2.76. The summed E-state index contributed by atoms with van der Waals surface area (Å²) in [6.45, 7) is -0.718. The number of halogens is 2. The Kier molecular flexibility index (Phi) is 4.74. The quantitative estimate of drug-likeness (QED) is 0.572. The summed E-state index contributed by atoms with van der Waals surface area (Å²) in [6, 6.07) is 10.7. The van der Waals surface area contributed by atoms with E-state index < -0.39 is 35.7 Å². The van der Waals surface area contributed by atoms with Crippen molar-refractivity contribution in [2.75, 3.05) is 11.9 Å². The van der Waals surface area contributed by atoms with Crippen LogP contribution in [0.4, 0.5) is 14.5 Å². The van der Waals surface area contributed by atoms with Crippen molar-refractivity contribution < 1.29 is 27.5 Å². The average molecular weight is 359 g/mol. The van der Waals surface area contributed by atoms with Gasteiger partial charge in [-0.25, -0.2) is 18.4 Å². The Bertz CT molecular complexity index is 1060. The minimum absolute atomic E-state index is 0.00447. The molecule has 1 heterocycles. The maximum Gasteiger partial charge on any atom is 0.351 e. The van der Waals surface area contributed by atoms with E-state index in [2.05, 4.69) is 5.32 Å². The molecule has 3 aromatic rings. The molecule has 0 unspecified atom stereocenters. The molecular weight excluding hydrogens is 348 g/mol. The lowest BCUT2D eigenvalue weighted by Crippen LogP contribution is -2.23. The van der Waals surface area contributed by atoms with Crippen LogP contribution < -0.4 is 10.9 Å². The van der Waals surface area contributed by atoms with Crippen LogP contribution in [0.3, 0.4) is 0 Å². The number of carbonyl (C=O) groups excluding carboxylic acids is 2. The van der Waals surface area contributed by atoms with E-state index in [1.54, 1.807) is 24.3 Å². The molecule has 0 aliphatic heterocycles. The molecule has 2 aromatic carbocycles. The van der Waals surface area contributed by atoms with Crippen LogP contribution >= 0.6 is 0 Å². The van der Waals surface area contributed by atoms with E-state index in [4.69, 9.17) is 9.15 Å². The molecular formula is C18H11F2NO5. The fourth-order valence-corrected chi connectivity index (χ4v) is 2.18. The molecule has 0 aliphatic rings. The van der Waals surface area contributed by atoms with Crippen molar-refractivity contribution in [3.8, 4) is 0 Å². The summed E-state index contributed by atoms with van der Waals surface area (Å²) in [5.41, 5.74) is -0.945. The fourth-order valence-electron chi connectivity index (χ4n) is 2.18. The molecule has 0 radical (unpaired) electrons. The summed E-state index contributed by atoms with van der Waals surface area (Å²) >= 11 is 0. The molecule has 1 aromatic heterocycles. The number of para-hydroxylation sites is 1. The van der Waals surface area contributed by atoms with E-state index in [1.165, 1.54) is 6.07 Å². The number of hydrogen-bond donors (Lipinski definition) is 1.